The number of hydrogen-bond acceptors (Lipinski definition) is 5. The smallest absolute Gasteiger partial charge is 0.407 e. The Morgan fingerprint density at radius 3 is 1.07 bits per heavy atom. The maximum absolute atomic E-state index is 13.3. The molecule has 0 bridgehead atoms. The number of hydrogen-bond donors (Lipinski definition) is 2. The third kappa shape index (κ3) is 7.42. The van der Waals surface area contributed by atoms with Crippen molar-refractivity contribution in [3.8, 4) is 0 Å². The highest BCUT2D eigenvalue weighted by molar-refractivity contribution is 5.67. The number of nitrogens with one attached hydrogen (secondary N) is 1. The molecule has 0 aliphatic rings. The first kappa shape index (κ1) is 39.8. The fourth-order valence-corrected chi connectivity index (χ4v) is 8.46. The van der Waals surface area contributed by atoms with E-state index in [-0.39, 0.29) is 13.0 Å². The van der Waals surface area contributed by atoms with Gasteiger partial charge in [-0.05, 0) is 54.2 Å². The molecule has 300 valence electrons. The number of aliphatic hydroxyl groups is 1. The molecule has 0 atom stereocenters. The predicted molar refractivity (Wildman–Crippen MR) is 236 cm³/mol. The number of alkyl carbamates (subject to hydrolysis) is 1. The first-order chi connectivity index (χ1) is 29.2. The van der Waals surface area contributed by atoms with E-state index in [1.807, 2.05) is 142 Å². The summed E-state index contributed by atoms with van der Waals surface area (Å²) in [7, 11) is 0. The Labute approximate surface area is 351 Å². The molecule has 0 saturated carbocycles. The van der Waals surface area contributed by atoms with Gasteiger partial charge in [-0.2, -0.15) is 0 Å². The molecular formula is C52H49N5O3. The van der Waals surface area contributed by atoms with Gasteiger partial charge in [0.1, 0.15) is 16.7 Å². The summed E-state index contributed by atoms with van der Waals surface area (Å²) >= 11 is 0. The number of carbonyl (C=O) groups is 1. The summed E-state index contributed by atoms with van der Waals surface area (Å²) in [6, 6.07) is 62.0. The molecule has 2 N–H and O–H groups in total. The molecule has 0 unspecified atom stereocenters. The third-order valence-corrected chi connectivity index (χ3v) is 11.1. The van der Waals surface area contributed by atoms with Crippen LogP contribution in [-0.2, 0) is 21.4 Å². The topological polar surface area (TPSA) is 94.2 Å². The summed E-state index contributed by atoms with van der Waals surface area (Å²) in [5.74, 6) is 0. The lowest BCUT2D eigenvalue weighted by atomic mass is 9.76. The van der Waals surface area contributed by atoms with Gasteiger partial charge < -0.3 is 24.3 Å². The Morgan fingerprint density at radius 1 is 0.517 bits per heavy atom. The van der Waals surface area contributed by atoms with Gasteiger partial charge in [0.15, 0.2) is 5.60 Å². The molecule has 0 aliphatic carbocycles. The second-order valence-electron chi connectivity index (χ2n) is 16.0. The Balaban J connectivity index is 1.32. The van der Waals surface area contributed by atoms with E-state index in [0.717, 1.165) is 33.4 Å². The lowest BCUT2D eigenvalue weighted by molar-refractivity contribution is 0.0451. The first-order valence-corrected chi connectivity index (χ1v) is 20.3. The van der Waals surface area contributed by atoms with Gasteiger partial charge in [-0.1, -0.05) is 182 Å². The zero-order valence-corrected chi connectivity index (χ0v) is 34.1. The van der Waals surface area contributed by atoms with Gasteiger partial charge in [-0.25, -0.2) is 14.8 Å². The van der Waals surface area contributed by atoms with E-state index in [1.54, 1.807) is 12.7 Å². The van der Waals surface area contributed by atoms with Gasteiger partial charge in [0, 0.05) is 25.4 Å². The molecule has 0 saturated heterocycles. The minimum absolute atomic E-state index is 0.0459. The highest BCUT2D eigenvalue weighted by atomic mass is 16.6. The van der Waals surface area contributed by atoms with Crippen LogP contribution in [0, 0.1) is 0 Å². The Hall–Kier alpha value is -7.03. The highest BCUT2D eigenvalue weighted by Gasteiger charge is 2.44. The molecule has 0 radical (unpaired) electrons. The zero-order chi connectivity index (χ0) is 41.6. The molecule has 0 spiro atoms. The molecule has 60 heavy (non-hydrogen) atoms. The average Bonchev–Trinajstić information content (AvgIpc) is 3.99. The van der Waals surface area contributed by atoms with Crippen molar-refractivity contribution in [1.82, 2.24) is 24.4 Å². The molecule has 8 aromatic rings. The van der Waals surface area contributed by atoms with Crippen LogP contribution < -0.4 is 5.32 Å². The maximum Gasteiger partial charge on any atom is 0.407 e. The normalized spacial score (nSPS) is 12.2. The van der Waals surface area contributed by atoms with E-state index >= 15 is 0 Å². The number of amides is 1. The van der Waals surface area contributed by atoms with Crippen molar-refractivity contribution in [2.24, 2.45) is 0 Å². The SMILES string of the molecule is CC(C)(C)OC(=O)NCCC(O)(c1cn(C(c2ccccc2)(c2ccccc2)c2ccccc2)cn1)c1cn(C(c2ccccc2)(c2ccccc2)c2ccccc2)cn1. The number of carbonyl (C=O) groups excluding carboxylic acids is 1. The van der Waals surface area contributed by atoms with E-state index < -0.39 is 28.4 Å². The number of imidazole rings is 2. The van der Waals surface area contributed by atoms with Crippen molar-refractivity contribution < 1.29 is 14.6 Å². The van der Waals surface area contributed by atoms with Crippen LogP contribution in [0.25, 0.3) is 0 Å². The summed E-state index contributed by atoms with van der Waals surface area (Å²) in [6.45, 7) is 5.53. The minimum Gasteiger partial charge on any atom is -0.444 e. The number of rotatable bonds is 13. The molecule has 8 heteroatoms. The van der Waals surface area contributed by atoms with Gasteiger partial charge in [0.05, 0.1) is 24.0 Å². The molecule has 2 heterocycles. The van der Waals surface area contributed by atoms with Crippen molar-refractivity contribution in [3.05, 3.63) is 252 Å². The molecular weight excluding hydrogens is 743 g/mol. The van der Waals surface area contributed by atoms with Gasteiger partial charge >= 0.3 is 6.09 Å². The monoisotopic (exact) mass is 791 g/mol. The highest BCUT2D eigenvalue weighted by Crippen LogP contribution is 2.44. The van der Waals surface area contributed by atoms with Gasteiger partial charge in [0.25, 0.3) is 0 Å². The van der Waals surface area contributed by atoms with Gasteiger partial charge in [-0.15, -0.1) is 0 Å². The van der Waals surface area contributed by atoms with Crippen LogP contribution in [0.3, 0.4) is 0 Å². The molecule has 2 aromatic heterocycles. The van der Waals surface area contributed by atoms with Crippen LogP contribution >= 0.6 is 0 Å². The first-order valence-electron chi connectivity index (χ1n) is 20.3. The van der Waals surface area contributed by atoms with Crippen molar-refractivity contribution in [2.75, 3.05) is 6.54 Å². The quantitative estimate of drug-likeness (QED) is 0.114. The third-order valence-electron chi connectivity index (χ3n) is 11.1. The summed E-state index contributed by atoms with van der Waals surface area (Å²) in [5, 5.41) is 16.2. The van der Waals surface area contributed by atoms with Crippen LogP contribution in [0.2, 0.25) is 0 Å². The summed E-state index contributed by atoms with van der Waals surface area (Å²) < 4.78 is 9.74. The Morgan fingerprint density at radius 2 is 0.800 bits per heavy atom. The molecule has 0 aliphatic heterocycles. The average molecular weight is 792 g/mol. The summed E-state index contributed by atoms with van der Waals surface area (Å²) in [5.41, 5.74) is 2.64. The van der Waals surface area contributed by atoms with Crippen LogP contribution in [0.4, 0.5) is 4.79 Å². The van der Waals surface area contributed by atoms with E-state index in [4.69, 9.17) is 14.7 Å². The maximum atomic E-state index is 13.3. The number of nitrogens with zero attached hydrogens (tertiary/aromatic N) is 4. The van der Waals surface area contributed by atoms with Crippen LogP contribution in [0.1, 0.15) is 72.0 Å². The van der Waals surface area contributed by atoms with Crippen LogP contribution in [-0.4, -0.2) is 42.4 Å². The van der Waals surface area contributed by atoms with Gasteiger partial charge in [0.2, 0.25) is 0 Å². The van der Waals surface area contributed by atoms with E-state index in [1.165, 1.54) is 0 Å². The largest absolute Gasteiger partial charge is 0.444 e. The lowest BCUT2D eigenvalue weighted by Gasteiger charge is -2.37. The van der Waals surface area contributed by atoms with E-state index in [9.17, 15) is 9.90 Å². The molecule has 8 nitrogen and oxygen atoms in total. The molecule has 1 amide bonds. The fraction of sp³-hybridized carbons (Fsp3) is 0.173. The van der Waals surface area contributed by atoms with E-state index in [0.29, 0.717) is 11.4 Å². The standard InChI is InChI=1S/C52H49N5O3/c1-49(2,3)60-48(58)53-35-34-50(59,46-36-56(38-54-46)51(40-22-10-4-11-23-40,41-24-12-5-13-25-41)42-26-14-6-15-27-42)47-37-57(39-55-47)52(43-28-16-7-17-29-43,44-30-18-8-19-31-44)45-32-20-9-21-33-45/h4-33,36-39,59H,34-35H2,1-3H3,(H,53,58). The van der Waals surface area contributed by atoms with Gasteiger partial charge in [-0.3, -0.25) is 0 Å². The fourth-order valence-electron chi connectivity index (χ4n) is 8.46. The van der Waals surface area contributed by atoms with Crippen LogP contribution in [0.15, 0.2) is 207 Å². The van der Waals surface area contributed by atoms with Crippen molar-refractivity contribution >= 4 is 6.09 Å². The summed E-state index contributed by atoms with van der Waals surface area (Å²) in [4.78, 5) is 23.0. The van der Waals surface area contributed by atoms with Crippen LogP contribution in [0.5, 0.6) is 0 Å². The molecule has 6 aromatic carbocycles. The summed E-state index contributed by atoms with van der Waals surface area (Å²) in [6.07, 6.45) is 6.87. The van der Waals surface area contributed by atoms with Crippen molar-refractivity contribution in [3.63, 3.8) is 0 Å². The second-order valence-corrected chi connectivity index (χ2v) is 16.0. The molecule has 8 rings (SSSR count). The van der Waals surface area contributed by atoms with Crippen molar-refractivity contribution in [1.29, 1.82) is 0 Å². The number of ether oxygens (including phenoxy) is 1. The minimum atomic E-state index is -1.78. The predicted octanol–water partition coefficient (Wildman–Crippen LogP) is 9.91. The Bertz CT molecular complexity index is 2250. The number of aromatic nitrogens is 4. The van der Waals surface area contributed by atoms with E-state index in [2.05, 4.69) is 87.2 Å². The second kappa shape index (κ2) is 16.7. The van der Waals surface area contributed by atoms with Crippen molar-refractivity contribution in [2.45, 2.75) is 49.5 Å². The lowest BCUT2D eigenvalue weighted by Crippen LogP contribution is -2.39. The number of benzene rings is 6. The molecule has 0 fully saturated rings. The zero-order valence-electron chi connectivity index (χ0n) is 34.1. The Kier molecular flexibility index (Phi) is 11.1.